The van der Waals surface area contributed by atoms with Crippen LogP contribution in [0.5, 0.6) is 5.75 Å². The largest absolute Gasteiger partial charge is 0.491 e. The molecule has 0 bridgehead atoms. The molecule has 2 nitrogen and oxygen atoms in total. The van der Waals surface area contributed by atoms with E-state index in [2.05, 4.69) is 22.6 Å². The van der Waals surface area contributed by atoms with Crippen LogP contribution in [0.1, 0.15) is 0 Å². The maximum Gasteiger partial charge on any atom is 0.119 e. The first-order valence-corrected chi connectivity index (χ1v) is 7.65. The van der Waals surface area contributed by atoms with Gasteiger partial charge in [0.05, 0.1) is 16.6 Å². The number of benzene rings is 1. The molecule has 1 aromatic carbocycles. The predicted molar refractivity (Wildman–Crippen MR) is 80.9 cm³/mol. The van der Waals surface area contributed by atoms with Gasteiger partial charge in [0.15, 0.2) is 0 Å². The molecule has 0 aliphatic rings. The lowest BCUT2D eigenvalue weighted by atomic mass is 10.3. The molecule has 2 atom stereocenters. The van der Waals surface area contributed by atoms with Gasteiger partial charge in [0.25, 0.3) is 0 Å². The van der Waals surface area contributed by atoms with E-state index < -0.39 is 0 Å². The van der Waals surface area contributed by atoms with Crippen LogP contribution in [-0.2, 0) is 4.74 Å². The van der Waals surface area contributed by atoms with E-state index in [1.807, 2.05) is 30.3 Å². The Kier molecular flexibility index (Phi) is 8.35. The number of ether oxygens (including phenoxy) is 2. The van der Waals surface area contributed by atoms with Gasteiger partial charge in [-0.1, -0.05) is 40.8 Å². The molecule has 0 saturated heterocycles. The highest BCUT2D eigenvalue weighted by Crippen LogP contribution is 2.14. The number of hydrogen-bond donors (Lipinski definition) is 0. The highest BCUT2D eigenvalue weighted by Gasteiger charge is 2.17. The molecule has 17 heavy (non-hydrogen) atoms. The van der Waals surface area contributed by atoms with Gasteiger partial charge >= 0.3 is 0 Å². The SMILES string of the molecule is ClCC(I)C(CCl)OCCOc1ccccc1. The molecule has 5 heteroatoms. The molecule has 0 fully saturated rings. The van der Waals surface area contributed by atoms with E-state index in [1.54, 1.807) is 0 Å². The molecule has 1 aromatic rings. The highest BCUT2D eigenvalue weighted by atomic mass is 127. The Morgan fingerprint density at radius 1 is 1.06 bits per heavy atom. The Balaban J connectivity index is 2.19. The molecule has 0 radical (unpaired) electrons. The van der Waals surface area contributed by atoms with Crippen LogP contribution in [0.3, 0.4) is 0 Å². The fraction of sp³-hybridized carbons (Fsp3) is 0.500. The molecule has 0 heterocycles. The van der Waals surface area contributed by atoms with E-state index in [1.165, 1.54) is 0 Å². The zero-order valence-corrected chi connectivity index (χ0v) is 13.0. The summed E-state index contributed by atoms with van der Waals surface area (Å²) in [5.41, 5.74) is 0. The summed E-state index contributed by atoms with van der Waals surface area (Å²) >= 11 is 13.8. The van der Waals surface area contributed by atoms with Crippen molar-refractivity contribution < 1.29 is 9.47 Å². The van der Waals surface area contributed by atoms with Crippen LogP contribution >= 0.6 is 45.8 Å². The van der Waals surface area contributed by atoms with Gasteiger partial charge in [0.2, 0.25) is 0 Å². The van der Waals surface area contributed by atoms with E-state index in [-0.39, 0.29) is 10.0 Å². The summed E-state index contributed by atoms with van der Waals surface area (Å²) < 4.78 is 11.4. The van der Waals surface area contributed by atoms with Crippen molar-refractivity contribution in [2.75, 3.05) is 25.0 Å². The zero-order chi connectivity index (χ0) is 12.5. The molecule has 96 valence electrons. The first kappa shape index (κ1) is 15.3. The zero-order valence-electron chi connectivity index (χ0n) is 9.32. The Bertz CT molecular complexity index is 298. The summed E-state index contributed by atoms with van der Waals surface area (Å²) in [6.45, 7) is 1.03. The first-order valence-electron chi connectivity index (χ1n) is 5.33. The third-order valence-corrected chi connectivity index (χ3v) is 4.53. The molecule has 0 spiro atoms. The van der Waals surface area contributed by atoms with Crippen molar-refractivity contribution in [3.8, 4) is 5.75 Å². The standard InChI is InChI=1S/C12H15Cl2IO2/c13-8-11(15)12(9-14)17-7-6-16-10-4-2-1-3-5-10/h1-5,11-12H,6-9H2. The van der Waals surface area contributed by atoms with E-state index in [4.69, 9.17) is 32.7 Å². The number of halogens is 3. The van der Waals surface area contributed by atoms with Crippen molar-refractivity contribution in [3.05, 3.63) is 30.3 Å². The predicted octanol–water partition coefficient (Wildman–Crippen LogP) is 3.73. The van der Waals surface area contributed by atoms with Crippen molar-refractivity contribution in [2.45, 2.75) is 10.0 Å². The van der Waals surface area contributed by atoms with Crippen molar-refractivity contribution >= 4 is 45.8 Å². The molecular formula is C12H15Cl2IO2. The summed E-state index contributed by atoms with van der Waals surface area (Å²) in [4.78, 5) is 0. The summed E-state index contributed by atoms with van der Waals surface area (Å²) in [7, 11) is 0. The van der Waals surface area contributed by atoms with Crippen LogP contribution in [0, 0.1) is 0 Å². The lowest BCUT2D eigenvalue weighted by Crippen LogP contribution is -2.29. The van der Waals surface area contributed by atoms with Crippen LogP contribution in [0.25, 0.3) is 0 Å². The van der Waals surface area contributed by atoms with Crippen molar-refractivity contribution in [1.29, 1.82) is 0 Å². The normalized spacial score (nSPS) is 14.3. The summed E-state index contributed by atoms with van der Waals surface area (Å²) in [5, 5.41) is 0. The Morgan fingerprint density at radius 3 is 2.35 bits per heavy atom. The van der Waals surface area contributed by atoms with Gasteiger partial charge in [0.1, 0.15) is 12.4 Å². The molecule has 1 rings (SSSR count). The van der Waals surface area contributed by atoms with Gasteiger partial charge in [0, 0.05) is 11.8 Å². The molecule has 0 aliphatic carbocycles. The average Bonchev–Trinajstić information content (AvgIpc) is 2.39. The maximum atomic E-state index is 5.81. The van der Waals surface area contributed by atoms with Crippen LogP contribution < -0.4 is 4.74 Å². The number of hydrogen-bond acceptors (Lipinski definition) is 2. The van der Waals surface area contributed by atoms with Crippen molar-refractivity contribution in [2.24, 2.45) is 0 Å². The number of rotatable bonds is 8. The molecule has 2 unspecified atom stereocenters. The van der Waals surface area contributed by atoms with Gasteiger partial charge in [-0.3, -0.25) is 0 Å². The quantitative estimate of drug-likeness (QED) is 0.383. The monoisotopic (exact) mass is 388 g/mol. The van der Waals surface area contributed by atoms with Crippen LogP contribution in [-0.4, -0.2) is 35.0 Å². The van der Waals surface area contributed by atoms with Gasteiger partial charge in [-0.2, -0.15) is 0 Å². The first-order chi connectivity index (χ1) is 8.27. The second kappa shape index (κ2) is 9.25. The van der Waals surface area contributed by atoms with Gasteiger partial charge in [-0.15, -0.1) is 23.2 Å². The lowest BCUT2D eigenvalue weighted by molar-refractivity contribution is 0.0504. The second-order valence-electron chi connectivity index (χ2n) is 3.40. The average molecular weight is 389 g/mol. The molecule has 0 aliphatic heterocycles. The Hall–Kier alpha value is 0.290. The molecule has 0 N–H and O–H groups in total. The van der Waals surface area contributed by atoms with E-state index in [0.717, 1.165) is 5.75 Å². The number of alkyl halides is 3. The number of para-hydroxylation sites is 1. The van der Waals surface area contributed by atoms with Gasteiger partial charge < -0.3 is 9.47 Å². The van der Waals surface area contributed by atoms with E-state index in [0.29, 0.717) is 25.0 Å². The smallest absolute Gasteiger partial charge is 0.119 e. The van der Waals surface area contributed by atoms with Crippen LogP contribution in [0.15, 0.2) is 30.3 Å². The minimum absolute atomic E-state index is 0.0193. The maximum absolute atomic E-state index is 5.81. The van der Waals surface area contributed by atoms with E-state index in [9.17, 15) is 0 Å². The fourth-order valence-corrected chi connectivity index (χ4v) is 2.49. The van der Waals surface area contributed by atoms with Gasteiger partial charge in [-0.05, 0) is 12.1 Å². The minimum atomic E-state index is -0.0193. The summed E-state index contributed by atoms with van der Waals surface area (Å²) in [5.74, 6) is 1.84. The lowest BCUT2D eigenvalue weighted by Gasteiger charge is -2.19. The van der Waals surface area contributed by atoms with Crippen molar-refractivity contribution in [3.63, 3.8) is 0 Å². The second-order valence-corrected chi connectivity index (χ2v) is 5.61. The molecular weight excluding hydrogens is 374 g/mol. The van der Waals surface area contributed by atoms with Crippen LogP contribution in [0.4, 0.5) is 0 Å². The summed E-state index contributed by atoms with van der Waals surface area (Å²) in [6.07, 6.45) is -0.0193. The molecule has 0 saturated carbocycles. The Labute approximate surface area is 126 Å². The third-order valence-electron chi connectivity index (χ3n) is 2.13. The van der Waals surface area contributed by atoms with E-state index >= 15 is 0 Å². The Morgan fingerprint density at radius 2 is 1.76 bits per heavy atom. The topological polar surface area (TPSA) is 18.5 Å². The highest BCUT2D eigenvalue weighted by molar-refractivity contribution is 14.1. The molecule has 0 aromatic heterocycles. The van der Waals surface area contributed by atoms with Crippen molar-refractivity contribution in [1.82, 2.24) is 0 Å². The fourth-order valence-electron chi connectivity index (χ4n) is 1.22. The van der Waals surface area contributed by atoms with Crippen LogP contribution in [0.2, 0.25) is 0 Å². The third kappa shape index (κ3) is 6.13. The minimum Gasteiger partial charge on any atom is -0.491 e. The summed E-state index contributed by atoms with van der Waals surface area (Å²) in [6, 6.07) is 9.66. The molecule has 0 amide bonds. The van der Waals surface area contributed by atoms with Gasteiger partial charge in [-0.25, -0.2) is 0 Å².